The molecule has 0 fully saturated rings. The second-order valence-corrected chi connectivity index (χ2v) is 9.81. The van der Waals surface area contributed by atoms with Gasteiger partial charge in [-0.25, -0.2) is 0 Å². The number of fused-ring (bicyclic) bond motifs is 2. The standard InChI is InChI=1S/C38H26/c1-3-14-29(15-4-1)37-25-31(33-18-7-9-20-35(33)37)23-27-12-11-13-28(22-27)24-32-26-38(30-16-5-2-6-17-30)36-21-10-8-19-34(32)36/h1-26H/b31-23-,32-24+. The molecule has 0 heteroatoms. The number of benzene rings is 5. The van der Waals surface area contributed by atoms with Gasteiger partial charge in [-0.3, -0.25) is 0 Å². The lowest BCUT2D eigenvalue weighted by atomic mass is 9.98. The molecule has 2 aliphatic carbocycles. The van der Waals surface area contributed by atoms with Gasteiger partial charge in [0.05, 0.1) is 0 Å². The molecule has 0 aliphatic heterocycles. The first-order chi connectivity index (χ1) is 18.8. The average Bonchev–Trinajstić information content (AvgIpc) is 3.53. The first-order valence-electron chi connectivity index (χ1n) is 13.1. The van der Waals surface area contributed by atoms with Gasteiger partial charge in [0.1, 0.15) is 0 Å². The molecule has 0 saturated heterocycles. The highest BCUT2D eigenvalue weighted by atomic mass is 14.2. The number of hydrogen-bond donors (Lipinski definition) is 0. The fourth-order valence-corrected chi connectivity index (χ4v) is 5.61. The smallest absolute Gasteiger partial charge is 0.00990 e. The molecule has 0 spiro atoms. The van der Waals surface area contributed by atoms with Crippen molar-refractivity contribution in [3.63, 3.8) is 0 Å². The molecule has 0 unspecified atom stereocenters. The van der Waals surface area contributed by atoms with Crippen molar-refractivity contribution < 1.29 is 0 Å². The van der Waals surface area contributed by atoms with Crippen LogP contribution in [0.15, 0.2) is 146 Å². The second kappa shape index (κ2) is 9.50. The Labute approximate surface area is 224 Å². The van der Waals surface area contributed by atoms with Gasteiger partial charge in [-0.05, 0) is 97.2 Å². The van der Waals surface area contributed by atoms with E-state index in [-0.39, 0.29) is 0 Å². The van der Waals surface area contributed by atoms with Crippen molar-refractivity contribution in [3.05, 3.63) is 190 Å². The highest BCUT2D eigenvalue weighted by molar-refractivity contribution is 6.07. The predicted molar refractivity (Wildman–Crippen MR) is 162 cm³/mol. The van der Waals surface area contributed by atoms with Crippen LogP contribution in [0.3, 0.4) is 0 Å². The molecule has 38 heavy (non-hydrogen) atoms. The van der Waals surface area contributed by atoms with Gasteiger partial charge in [0.15, 0.2) is 0 Å². The summed E-state index contributed by atoms with van der Waals surface area (Å²) >= 11 is 0. The zero-order valence-corrected chi connectivity index (χ0v) is 21.0. The molecule has 0 radical (unpaired) electrons. The van der Waals surface area contributed by atoms with Crippen LogP contribution in [0.25, 0.3) is 34.4 Å². The third-order valence-electron chi connectivity index (χ3n) is 7.38. The van der Waals surface area contributed by atoms with E-state index in [0.29, 0.717) is 0 Å². The van der Waals surface area contributed by atoms with Gasteiger partial charge in [0, 0.05) is 0 Å². The van der Waals surface area contributed by atoms with Gasteiger partial charge in [-0.2, -0.15) is 0 Å². The molecule has 178 valence electrons. The van der Waals surface area contributed by atoms with Crippen molar-refractivity contribution in [1.29, 1.82) is 0 Å². The molecular formula is C38H26. The van der Waals surface area contributed by atoms with Gasteiger partial charge in [-0.1, -0.05) is 127 Å². The van der Waals surface area contributed by atoms with E-state index in [4.69, 9.17) is 0 Å². The minimum Gasteiger partial charge on any atom is -0.0622 e. The van der Waals surface area contributed by atoms with Crippen molar-refractivity contribution in [2.45, 2.75) is 0 Å². The molecule has 5 aromatic carbocycles. The number of hydrogen-bond acceptors (Lipinski definition) is 0. The Morgan fingerprint density at radius 2 is 0.737 bits per heavy atom. The summed E-state index contributed by atoms with van der Waals surface area (Å²) in [6, 6.07) is 47.6. The summed E-state index contributed by atoms with van der Waals surface area (Å²) in [7, 11) is 0. The predicted octanol–water partition coefficient (Wildman–Crippen LogP) is 9.66. The monoisotopic (exact) mass is 482 g/mol. The summed E-state index contributed by atoms with van der Waals surface area (Å²) in [6.07, 6.45) is 9.27. The Hall–Kier alpha value is -4.94. The van der Waals surface area contributed by atoms with E-state index in [1.54, 1.807) is 0 Å². The Morgan fingerprint density at radius 3 is 1.18 bits per heavy atom. The zero-order valence-electron chi connectivity index (χ0n) is 21.0. The van der Waals surface area contributed by atoms with Crippen LogP contribution in [0.1, 0.15) is 44.5 Å². The van der Waals surface area contributed by atoms with E-state index in [0.717, 1.165) is 0 Å². The molecule has 0 atom stereocenters. The molecule has 5 aromatic rings. The zero-order chi connectivity index (χ0) is 25.3. The maximum absolute atomic E-state index is 2.33. The molecule has 0 aromatic heterocycles. The van der Waals surface area contributed by atoms with Crippen LogP contribution in [-0.2, 0) is 0 Å². The van der Waals surface area contributed by atoms with E-state index in [2.05, 4.69) is 158 Å². The summed E-state index contributed by atoms with van der Waals surface area (Å²) in [6.45, 7) is 0. The third kappa shape index (κ3) is 4.07. The molecule has 2 aliphatic rings. The average molecular weight is 483 g/mol. The first-order valence-corrected chi connectivity index (χ1v) is 13.1. The van der Waals surface area contributed by atoms with Gasteiger partial charge >= 0.3 is 0 Å². The quantitative estimate of drug-likeness (QED) is 0.239. The summed E-state index contributed by atoms with van der Waals surface area (Å²) in [5.41, 5.74) is 15.1. The van der Waals surface area contributed by atoms with Crippen LogP contribution in [0, 0.1) is 0 Å². The van der Waals surface area contributed by atoms with Crippen LogP contribution >= 0.6 is 0 Å². The van der Waals surface area contributed by atoms with Gasteiger partial charge in [0.2, 0.25) is 0 Å². The van der Waals surface area contributed by atoms with E-state index in [9.17, 15) is 0 Å². The summed E-state index contributed by atoms with van der Waals surface area (Å²) in [5.74, 6) is 0. The maximum atomic E-state index is 2.33. The summed E-state index contributed by atoms with van der Waals surface area (Å²) < 4.78 is 0. The fraction of sp³-hybridized carbons (Fsp3) is 0. The van der Waals surface area contributed by atoms with E-state index in [1.807, 2.05) is 0 Å². The third-order valence-corrected chi connectivity index (χ3v) is 7.38. The summed E-state index contributed by atoms with van der Waals surface area (Å²) in [4.78, 5) is 0. The Bertz CT molecular complexity index is 1650. The van der Waals surface area contributed by atoms with Crippen molar-refractivity contribution in [2.75, 3.05) is 0 Å². The summed E-state index contributed by atoms with van der Waals surface area (Å²) in [5, 5.41) is 0. The van der Waals surface area contributed by atoms with Crippen molar-refractivity contribution in [2.24, 2.45) is 0 Å². The minimum absolute atomic E-state index is 1.20. The van der Waals surface area contributed by atoms with Gasteiger partial charge in [-0.15, -0.1) is 0 Å². The van der Waals surface area contributed by atoms with Crippen molar-refractivity contribution in [3.8, 4) is 0 Å². The van der Waals surface area contributed by atoms with Crippen LogP contribution in [-0.4, -0.2) is 0 Å². The lowest BCUT2D eigenvalue weighted by molar-refractivity contribution is 1.55. The highest BCUT2D eigenvalue weighted by Gasteiger charge is 2.20. The van der Waals surface area contributed by atoms with Crippen LogP contribution < -0.4 is 0 Å². The normalized spacial score (nSPS) is 15.8. The molecule has 0 amide bonds. The lowest BCUT2D eigenvalue weighted by Gasteiger charge is -2.06. The number of rotatable bonds is 4. The fourth-order valence-electron chi connectivity index (χ4n) is 5.61. The molecule has 0 saturated carbocycles. The Morgan fingerprint density at radius 1 is 0.342 bits per heavy atom. The Balaban J connectivity index is 1.28. The molecule has 7 rings (SSSR count). The van der Waals surface area contributed by atoms with E-state index >= 15 is 0 Å². The van der Waals surface area contributed by atoms with Crippen molar-refractivity contribution >= 4 is 34.4 Å². The maximum Gasteiger partial charge on any atom is -0.00990 e. The van der Waals surface area contributed by atoms with Crippen molar-refractivity contribution in [1.82, 2.24) is 0 Å². The molecular weight excluding hydrogens is 456 g/mol. The van der Waals surface area contributed by atoms with Gasteiger partial charge in [0.25, 0.3) is 0 Å². The number of allylic oxidation sites excluding steroid dienone is 4. The van der Waals surface area contributed by atoms with E-state index in [1.165, 1.54) is 66.8 Å². The first kappa shape index (κ1) is 22.3. The van der Waals surface area contributed by atoms with Crippen LogP contribution in [0.4, 0.5) is 0 Å². The largest absolute Gasteiger partial charge is 0.0622 e. The SMILES string of the molecule is C1=C(c2ccccc2)c2ccccc2/C1=C\c1cccc(/C=C2\C=C(c3ccccc3)c3ccccc32)c1. The van der Waals surface area contributed by atoms with Crippen LogP contribution in [0.5, 0.6) is 0 Å². The highest BCUT2D eigenvalue weighted by Crippen LogP contribution is 2.41. The topological polar surface area (TPSA) is 0 Å². The minimum atomic E-state index is 1.20. The van der Waals surface area contributed by atoms with Crippen LogP contribution in [0.2, 0.25) is 0 Å². The Kier molecular flexibility index (Phi) is 5.57. The lowest BCUT2D eigenvalue weighted by Crippen LogP contribution is -1.86. The molecule has 0 bridgehead atoms. The second-order valence-electron chi connectivity index (χ2n) is 9.81. The molecule has 0 N–H and O–H groups in total. The van der Waals surface area contributed by atoms with E-state index < -0.39 is 0 Å². The molecule has 0 heterocycles. The van der Waals surface area contributed by atoms with Gasteiger partial charge < -0.3 is 0 Å². The molecule has 0 nitrogen and oxygen atoms in total.